The highest BCUT2D eigenvalue weighted by Crippen LogP contribution is 2.33. The van der Waals surface area contributed by atoms with Crippen LogP contribution >= 0.6 is 0 Å². The molecule has 0 radical (unpaired) electrons. The molecule has 0 fully saturated rings. The van der Waals surface area contributed by atoms with Gasteiger partial charge < -0.3 is 18.9 Å². The van der Waals surface area contributed by atoms with Crippen LogP contribution in [-0.4, -0.2) is 22.3 Å². The maximum Gasteiger partial charge on any atom is 0.231 e. The molecule has 1 aromatic heterocycles. The minimum atomic E-state index is 0.0525. The molecule has 0 saturated carbocycles. The molecular weight excluding hydrogens is 378 g/mol. The number of hydrogen-bond donors (Lipinski definition) is 0. The summed E-state index contributed by atoms with van der Waals surface area (Å²) in [7, 11) is 0. The Kier molecular flexibility index (Phi) is 4.81. The van der Waals surface area contributed by atoms with Crippen LogP contribution in [0.2, 0.25) is 0 Å². The fourth-order valence-corrected chi connectivity index (χ4v) is 3.69. The fraction of sp³-hybridized carbons (Fsp3) is 0.167. The van der Waals surface area contributed by atoms with Crippen LogP contribution in [0.4, 0.5) is 5.69 Å². The molecule has 1 amide bonds. The van der Waals surface area contributed by atoms with E-state index < -0.39 is 0 Å². The monoisotopic (exact) mass is 399 g/mol. The zero-order chi connectivity index (χ0) is 20.3. The number of rotatable bonds is 6. The van der Waals surface area contributed by atoms with Crippen molar-refractivity contribution in [1.82, 2.24) is 9.55 Å². The SMILES string of the molecule is O=C(CCn1cnc2ccccc21)N(Cc1ccc2c(c1)OCO2)c1ccccc1. The summed E-state index contributed by atoms with van der Waals surface area (Å²) in [5.74, 6) is 1.51. The molecule has 0 saturated heterocycles. The van der Waals surface area contributed by atoms with Crippen LogP contribution in [0.1, 0.15) is 12.0 Å². The summed E-state index contributed by atoms with van der Waals surface area (Å²) in [6, 6.07) is 23.5. The second-order valence-corrected chi connectivity index (χ2v) is 7.18. The average molecular weight is 399 g/mol. The van der Waals surface area contributed by atoms with E-state index in [0.717, 1.165) is 33.8 Å². The third-order valence-electron chi connectivity index (χ3n) is 5.24. The number of aryl methyl sites for hydroxylation is 1. The zero-order valence-corrected chi connectivity index (χ0v) is 16.4. The van der Waals surface area contributed by atoms with Crippen LogP contribution in [0.3, 0.4) is 0 Å². The third-order valence-corrected chi connectivity index (χ3v) is 5.24. The molecule has 4 aromatic rings. The van der Waals surface area contributed by atoms with E-state index in [1.54, 1.807) is 6.33 Å². The molecule has 0 spiro atoms. The summed E-state index contributed by atoms with van der Waals surface area (Å²) in [6.45, 7) is 1.27. The number of aromatic nitrogens is 2. The van der Waals surface area contributed by atoms with Crippen LogP contribution in [-0.2, 0) is 17.9 Å². The average Bonchev–Trinajstić information content (AvgIpc) is 3.43. The summed E-state index contributed by atoms with van der Waals surface area (Å²) >= 11 is 0. The Morgan fingerprint density at radius 1 is 0.967 bits per heavy atom. The number of fused-ring (bicyclic) bond motifs is 2. The van der Waals surface area contributed by atoms with E-state index in [0.29, 0.717) is 19.5 Å². The highest BCUT2D eigenvalue weighted by atomic mass is 16.7. The normalized spacial score (nSPS) is 12.3. The van der Waals surface area contributed by atoms with Crippen LogP contribution in [0, 0.1) is 0 Å². The Morgan fingerprint density at radius 2 is 1.77 bits per heavy atom. The van der Waals surface area contributed by atoms with E-state index in [1.165, 1.54) is 0 Å². The highest BCUT2D eigenvalue weighted by molar-refractivity contribution is 5.93. The Bertz CT molecular complexity index is 1190. The molecule has 1 aliphatic rings. The number of hydrogen-bond acceptors (Lipinski definition) is 4. The van der Waals surface area contributed by atoms with Gasteiger partial charge in [0.1, 0.15) is 0 Å². The second kappa shape index (κ2) is 7.91. The lowest BCUT2D eigenvalue weighted by molar-refractivity contribution is -0.119. The standard InChI is InChI=1S/C24H21N3O3/c28-24(12-13-26-16-25-20-8-4-5-9-21(20)26)27(19-6-2-1-3-7-19)15-18-10-11-22-23(14-18)30-17-29-22/h1-11,14,16H,12-13,15,17H2. The van der Waals surface area contributed by atoms with Crippen molar-refractivity contribution in [3.8, 4) is 11.5 Å². The highest BCUT2D eigenvalue weighted by Gasteiger charge is 2.19. The van der Waals surface area contributed by atoms with Crippen molar-refractivity contribution in [1.29, 1.82) is 0 Å². The molecule has 150 valence electrons. The molecular formula is C24H21N3O3. The van der Waals surface area contributed by atoms with Gasteiger partial charge in [-0.05, 0) is 42.0 Å². The molecule has 0 aliphatic carbocycles. The second-order valence-electron chi connectivity index (χ2n) is 7.18. The smallest absolute Gasteiger partial charge is 0.231 e. The van der Waals surface area contributed by atoms with Crippen molar-refractivity contribution in [2.24, 2.45) is 0 Å². The Labute approximate surface area is 174 Å². The first-order valence-electron chi connectivity index (χ1n) is 9.92. The predicted molar refractivity (Wildman–Crippen MR) is 115 cm³/mol. The fourth-order valence-electron chi connectivity index (χ4n) is 3.69. The van der Waals surface area contributed by atoms with Crippen LogP contribution in [0.5, 0.6) is 11.5 Å². The lowest BCUT2D eigenvalue weighted by atomic mass is 10.1. The number of anilines is 1. The molecule has 30 heavy (non-hydrogen) atoms. The predicted octanol–water partition coefficient (Wildman–Crippen LogP) is 4.39. The Morgan fingerprint density at radius 3 is 2.67 bits per heavy atom. The first kappa shape index (κ1) is 18.2. The largest absolute Gasteiger partial charge is 0.454 e. The van der Waals surface area contributed by atoms with Crippen LogP contribution in [0.25, 0.3) is 11.0 Å². The number of nitrogens with zero attached hydrogens (tertiary/aromatic N) is 3. The van der Waals surface area contributed by atoms with Crippen molar-refractivity contribution in [2.75, 3.05) is 11.7 Å². The van der Waals surface area contributed by atoms with Gasteiger partial charge in [0.15, 0.2) is 11.5 Å². The first-order valence-corrected chi connectivity index (χ1v) is 9.92. The van der Waals surface area contributed by atoms with Crippen molar-refractivity contribution < 1.29 is 14.3 Å². The van der Waals surface area contributed by atoms with Crippen molar-refractivity contribution >= 4 is 22.6 Å². The van der Waals surface area contributed by atoms with Gasteiger partial charge in [0.05, 0.1) is 23.9 Å². The van der Waals surface area contributed by atoms with Gasteiger partial charge in [-0.3, -0.25) is 4.79 Å². The van der Waals surface area contributed by atoms with Gasteiger partial charge in [-0.25, -0.2) is 4.98 Å². The Balaban J connectivity index is 1.37. The molecule has 0 unspecified atom stereocenters. The maximum absolute atomic E-state index is 13.2. The Hall–Kier alpha value is -3.80. The molecule has 0 N–H and O–H groups in total. The van der Waals surface area contributed by atoms with E-state index >= 15 is 0 Å². The van der Waals surface area contributed by atoms with E-state index in [-0.39, 0.29) is 12.7 Å². The van der Waals surface area contributed by atoms with Crippen LogP contribution < -0.4 is 14.4 Å². The van der Waals surface area contributed by atoms with Crippen molar-refractivity contribution in [3.63, 3.8) is 0 Å². The summed E-state index contributed by atoms with van der Waals surface area (Å²) in [5.41, 5.74) is 3.83. The molecule has 0 bridgehead atoms. The van der Waals surface area contributed by atoms with Gasteiger partial charge in [-0.15, -0.1) is 0 Å². The number of carbonyl (C=O) groups excluding carboxylic acids is 1. The van der Waals surface area contributed by atoms with Gasteiger partial charge in [-0.2, -0.15) is 0 Å². The molecule has 1 aliphatic heterocycles. The van der Waals surface area contributed by atoms with E-state index in [4.69, 9.17) is 9.47 Å². The molecule has 5 rings (SSSR count). The molecule has 6 nitrogen and oxygen atoms in total. The van der Waals surface area contributed by atoms with E-state index in [1.807, 2.05) is 82.3 Å². The number of imidazole rings is 1. The maximum atomic E-state index is 13.2. The van der Waals surface area contributed by atoms with Gasteiger partial charge in [0.2, 0.25) is 12.7 Å². The number of carbonyl (C=O) groups is 1. The first-order chi connectivity index (χ1) is 14.8. The van der Waals surface area contributed by atoms with Gasteiger partial charge in [0.25, 0.3) is 0 Å². The number of benzene rings is 3. The van der Waals surface area contributed by atoms with E-state index in [2.05, 4.69) is 4.98 Å². The van der Waals surface area contributed by atoms with Gasteiger partial charge >= 0.3 is 0 Å². The summed E-state index contributed by atoms with van der Waals surface area (Å²) < 4.78 is 12.9. The molecule has 2 heterocycles. The van der Waals surface area contributed by atoms with Crippen molar-refractivity contribution in [3.05, 3.63) is 84.7 Å². The minimum Gasteiger partial charge on any atom is -0.454 e. The number of para-hydroxylation sites is 3. The summed E-state index contributed by atoms with van der Waals surface area (Å²) in [5, 5.41) is 0. The van der Waals surface area contributed by atoms with Gasteiger partial charge in [-0.1, -0.05) is 36.4 Å². The summed E-state index contributed by atoms with van der Waals surface area (Å²) in [4.78, 5) is 19.5. The minimum absolute atomic E-state index is 0.0525. The number of amides is 1. The quantitative estimate of drug-likeness (QED) is 0.483. The molecule has 0 atom stereocenters. The zero-order valence-electron chi connectivity index (χ0n) is 16.4. The van der Waals surface area contributed by atoms with E-state index in [9.17, 15) is 4.79 Å². The third kappa shape index (κ3) is 3.59. The van der Waals surface area contributed by atoms with Gasteiger partial charge in [0, 0.05) is 18.7 Å². The van der Waals surface area contributed by atoms with Crippen LogP contribution in [0.15, 0.2) is 79.1 Å². The molecule has 6 heteroatoms. The van der Waals surface area contributed by atoms with Crippen molar-refractivity contribution in [2.45, 2.75) is 19.5 Å². The topological polar surface area (TPSA) is 56.6 Å². The lowest BCUT2D eigenvalue weighted by Crippen LogP contribution is -2.31. The molecule has 3 aromatic carbocycles. The summed E-state index contributed by atoms with van der Waals surface area (Å²) in [6.07, 6.45) is 2.17. The lowest BCUT2D eigenvalue weighted by Gasteiger charge is -2.23. The number of ether oxygens (including phenoxy) is 2.